The number of anilines is 1. The van der Waals surface area contributed by atoms with Crippen LogP contribution in [0.25, 0.3) is 16.9 Å². The van der Waals surface area contributed by atoms with E-state index in [0.29, 0.717) is 33.6 Å². The van der Waals surface area contributed by atoms with Crippen molar-refractivity contribution in [2.45, 2.75) is 32.3 Å². The van der Waals surface area contributed by atoms with Crippen molar-refractivity contribution in [3.05, 3.63) is 41.0 Å². The van der Waals surface area contributed by atoms with Gasteiger partial charge in [0.15, 0.2) is 11.5 Å². The van der Waals surface area contributed by atoms with Gasteiger partial charge in [-0.05, 0) is 38.3 Å². The predicted molar refractivity (Wildman–Crippen MR) is 103 cm³/mol. The zero-order valence-corrected chi connectivity index (χ0v) is 16.2. The number of benzene rings is 1. The number of thioether (sulfide) groups is 1. The highest BCUT2D eigenvalue weighted by Crippen LogP contribution is 2.21. The van der Waals surface area contributed by atoms with Crippen LogP contribution in [0.15, 0.2) is 27.8 Å². The third kappa shape index (κ3) is 3.25. The number of fused-ring (bicyclic) bond motifs is 2. The van der Waals surface area contributed by atoms with Crippen molar-refractivity contribution in [3.8, 4) is 0 Å². The summed E-state index contributed by atoms with van der Waals surface area (Å²) in [4.78, 5) is 25.7. The molecule has 0 spiro atoms. The van der Waals surface area contributed by atoms with E-state index in [2.05, 4.69) is 25.4 Å². The van der Waals surface area contributed by atoms with Crippen LogP contribution in [0.1, 0.15) is 22.8 Å². The van der Waals surface area contributed by atoms with E-state index in [-0.39, 0.29) is 12.3 Å². The van der Waals surface area contributed by atoms with Crippen LogP contribution in [-0.2, 0) is 11.2 Å². The van der Waals surface area contributed by atoms with Crippen molar-refractivity contribution >= 4 is 40.2 Å². The molecular weight excluding hydrogens is 364 g/mol. The van der Waals surface area contributed by atoms with E-state index in [1.165, 1.54) is 11.8 Å². The van der Waals surface area contributed by atoms with Crippen LogP contribution >= 0.6 is 11.8 Å². The van der Waals surface area contributed by atoms with Crippen molar-refractivity contribution in [2.24, 2.45) is 0 Å². The lowest BCUT2D eigenvalue weighted by Gasteiger charge is -2.10. The molecule has 8 nitrogen and oxygen atoms in total. The topological polar surface area (TPSA) is 98.2 Å². The first kappa shape index (κ1) is 17.5. The highest BCUT2D eigenvalue weighted by Gasteiger charge is 2.16. The van der Waals surface area contributed by atoms with Gasteiger partial charge < -0.3 is 9.73 Å². The maximum absolute atomic E-state index is 12.6. The highest BCUT2D eigenvalue weighted by molar-refractivity contribution is 7.98. The summed E-state index contributed by atoms with van der Waals surface area (Å²) in [7, 11) is 0. The molecule has 0 bridgehead atoms. The second kappa shape index (κ2) is 6.66. The Hall–Kier alpha value is -2.94. The van der Waals surface area contributed by atoms with Gasteiger partial charge in [-0.1, -0.05) is 11.8 Å². The first-order valence-electron chi connectivity index (χ1n) is 8.38. The van der Waals surface area contributed by atoms with E-state index >= 15 is 0 Å². The van der Waals surface area contributed by atoms with Gasteiger partial charge in [0.2, 0.25) is 11.1 Å². The molecule has 138 valence electrons. The number of hydrogen-bond donors (Lipinski definition) is 1. The molecule has 0 aliphatic rings. The number of hydrogen-bond acceptors (Lipinski definition) is 7. The number of nitrogens with one attached hydrogen (secondary N) is 1. The molecule has 0 saturated carbocycles. The number of aryl methyl sites for hydroxylation is 3. The third-order valence-electron chi connectivity index (χ3n) is 4.33. The van der Waals surface area contributed by atoms with Crippen molar-refractivity contribution in [2.75, 3.05) is 11.6 Å². The highest BCUT2D eigenvalue weighted by atomic mass is 32.2. The van der Waals surface area contributed by atoms with E-state index in [9.17, 15) is 4.79 Å². The molecule has 0 aliphatic carbocycles. The molecule has 0 atom stereocenters. The SMILES string of the molecule is CSc1nc2nc(C)c(CC(=O)Nc3ccc4oc(C)nc4c3)c(C)n2n1. The lowest BCUT2D eigenvalue weighted by Crippen LogP contribution is -2.17. The Balaban J connectivity index is 1.59. The summed E-state index contributed by atoms with van der Waals surface area (Å²) >= 11 is 1.46. The first-order valence-corrected chi connectivity index (χ1v) is 9.61. The van der Waals surface area contributed by atoms with Crippen LogP contribution in [0.3, 0.4) is 0 Å². The average Bonchev–Trinajstić information content (AvgIpc) is 3.20. The maximum atomic E-state index is 12.6. The molecule has 9 heteroatoms. The Kier molecular flexibility index (Phi) is 4.31. The van der Waals surface area contributed by atoms with Gasteiger partial charge in [-0.15, -0.1) is 5.10 Å². The van der Waals surface area contributed by atoms with Crippen molar-refractivity contribution in [1.29, 1.82) is 0 Å². The van der Waals surface area contributed by atoms with Gasteiger partial charge in [0.1, 0.15) is 5.52 Å². The van der Waals surface area contributed by atoms with Gasteiger partial charge in [0.05, 0.1) is 6.42 Å². The second-order valence-corrected chi connectivity index (χ2v) is 6.99. The smallest absolute Gasteiger partial charge is 0.253 e. The van der Waals surface area contributed by atoms with Gasteiger partial charge in [0, 0.05) is 29.6 Å². The van der Waals surface area contributed by atoms with Gasteiger partial charge in [-0.2, -0.15) is 4.98 Å². The van der Waals surface area contributed by atoms with E-state index in [0.717, 1.165) is 17.0 Å². The lowest BCUT2D eigenvalue weighted by atomic mass is 10.1. The fourth-order valence-corrected chi connectivity index (χ4v) is 3.35. The first-order chi connectivity index (χ1) is 12.9. The summed E-state index contributed by atoms with van der Waals surface area (Å²) in [6.45, 7) is 5.60. The lowest BCUT2D eigenvalue weighted by molar-refractivity contribution is -0.115. The number of carbonyl (C=O) groups excluding carboxylic acids is 1. The number of aromatic nitrogens is 5. The fourth-order valence-electron chi connectivity index (χ4n) is 3.02. The van der Waals surface area contributed by atoms with E-state index < -0.39 is 0 Å². The Morgan fingerprint density at radius 1 is 1.22 bits per heavy atom. The van der Waals surface area contributed by atoms with Gasteiger partial charge in [-0.3, -0.25) is 4.79 Å². The normalized spacial score (nSPS) is 11.4. The van der Waals surface area contributed by atoms with Crippen LogP contribution < -0.4 is 5.32 Å². The molecule has 0 aliphatic heterocycles. The molecule has 1 aromatic carbocycles. The Morgan fingerprint density at radius 3 is 2.81 bits per heavy atom. The molecule has 3 aromatic heterocycles. The van der Waals surface area contributed by atoms with Crippen molar-refractivity contribution in [3.63, 3.8) is 0 Å². The Labute approximate surface area is 159 Å². The minimum Gasteiger partial charge on any atom is -0.441 e. The molecule has 1 amide bonds. The van der Waals surface area contributed by atoms with Crippen LogP contribution in [0.4, 0.5) is 5.69 Å². The standard InChI is InChI=1S/C18H18N6O2S/c1-9-13(10(2)24-17(19-9)22-18(23-24)27-4)8-16(25)21-12-5-6-15-14(7-12)20-11(3)26-15/h5-7H,8H2,1-4H3,(H,21,25). The zero-order valence-electron chi connectivity index (χ0n) is 15.4. The number of rotatable bonds is 4. The summed E-state index contributed by atoms with van der Waals surface area (Å²) in [6.07, 6.45) is 2.11. The summed E-state index contributed by atoms with van der Waals surface area (Å²) < 4.78 is 7.14. The van der Waals surface area contributed by atoms with Crippen LogP contribution in [-0.4, -0.2) is 36.7 Å². The van der Waals surface area contributed by atoms with Crippen LogP contribution in [0.2, 0.25) is 0 Å². The Morgan fingerprint density at radius 2 is 2.04 bits per heavy atom. The van der Waals surface area contributed by atoms with Gasteiger partial charge in [0.25, 0.3) is 5.78 Å². The van der Waals surface area contributed by atoms with E-state index in [1.54, 1.807) is 29.6 Å². The molecular formula is C18H18N6O2S. The summed E-state index contributed by atoms with van der Waals surface area (Å²) in [6, 6.07) is 5.40. The number of carbonyl (C=O) groups is 1. The summed E-state index contributed by atoms with van der Waals surface area (Å²) in [5.74, 6) is 1.01. The quantitative estimate of drug-likeness (QED) is 0.542. The van der Waals surface area contributed by atoms with Gasteiger partial charge in [-0.25, -0.2) is 14.5 Å². The molecule has 4 aromatic rings. The largest absolute Gasteiger partial charge is 0.441 e. The molecule has 0 radical (unpaired) electrons. The monoisotopic (exact) mass is 382 g/mol. The fraction of sp³-hybridized carbons (Fsp3) is 0.278. The molecule has 1 N–H and O–H groups in total. The number of amides is 1. The van der Waals surface area contributed by atoms with Crippen LogP contribution in [0.5, 0.6) is 0 Å². The van der Waals surface area contributed by atoms with Crippen molar-refractivity contribution in [1.82, 2.24) is 24.6 Å². The van der Waals surface area contributed by atoms with E-state index in [4.69, 9.17) is 4.42 Å². The molecule has 0 unspecified atom stereocenters. The zero-order chi connectivity index (χ0) is 19.1. The molecule has 4 rings (SSSR count). The molecule has 27 heavy (non-hydrogen) atoms. The summed E-state index contributed by atoms with van der Waals surface area (Å²) in [5.41, 5.74) is 4.57. The van der Waals surface area contributed by atoms with Gasteiger partial charge >= 0.3 is 0 Å². The summed E-state index contributed by atoms with van der Waals surface area (Å²) in [5, 5.41) is 7.98. The molecule has 3 heterocycles. The average molecular weight is 382 g/mol. The van der Waals surface area contributed by atoms with Crippen molar-refractivity contribution < 1.29 is 9.21 Å². The third-order valence-corrected chi connectivity index (χ3v) is 4.87. The number of nitrogens with zero attached hydrogens (tertiary/aromatic N) is 5. The van der Waals surface area contributed by atoms with Crippen LogP contribution in [0, 0.1) is 20.8 Å². The maximum Gasteiger partial charge on any atom is 0.253 e. The molecule has 0 fully saturated rings. The van der Waals surface area contributed by atoms with E-state index in [1.807, 2.05) is 20.1 Å². The second-order valence-electron chi connectivity index (χ2n) is 6.21. The Bertz CT molecular complexity index is 1180. The minimum atomic E-state index is -0.132. The number of oxazole rings is 1. The predicted octanol–water partition coefficient (Wildman–Crippen LogP) is 3.09. The molecule has 0 saturated heterocycles. The minimum absolute atomic E-state index is 0.132.